The molecule has 6 heteroatoms. The van der Waals surface area contributed by atoms with Crippen LogP contribution >= 0.6 is 23.2 Å². The number of sulfone groups is 1. The Morgan fingerprint density at radius 2 is 1.57 bits per heavy atom. The Morgan fingerprint density at radius 1 is 0.957 bits per heavy atom. The van der Waals surface area contributed by atoms with Gasteiger partial charge in [0.2, 0.25) is 0 Å². The number of hydrogen-bond acceptors (Lipinski definition) is 2. The first-order valence-corrected chi connectivity index (χ1v) is 11.1. The van der Waals surface area contributed by atoms with Crippen LogP contribution in [0.5, 0.6) is 0 Å². The molecule has 0 unspecified atom stereocenters. The van der Waals surface area contributed by atoms with Crippen LogP contribution in [-0.2, 0) is 9.84 Å². The molecule has 23 heavy (non-hydrogen) atoms. The Kier molecular flexibility index (Phi) is 6.75. The Balaban J connectivity index is 2.47. The van der Waals surface area contributed by atoms with Gasteiger partial charge in [0.05, 0.1) is 0 Å². The summed E-state index contributed by atoms with van der Waals surface area (Å²) < 4.78 is 27.5. The van der Waals surface area contributed by atoms with Gasteiger partial charge in [-0.2, -0.15) is 0 Å². The molecule has 0 aromatic heterocycles. The van der Waals surface area contributed by atoms with Crippen molar-refractivity contribution < 1.29 is 8.42 Å². The molecule has 2 aromatic rings. The van der Waals surface area contributed by atoms with Gasteiger partial charge in [-0.1, -0.05) is 0 Å². The quantitative estimate of drug-likeness (QED) is 0.516. The Bertz CT molecular complexity index is 785. The zero-order valence-corrected chi connectivity index (χ0v) is 16.5. The summed E-state index contributed by atoms with van der Waals surface area (Å²) in [7, 11) is -3.62. The molecule has 0 bridgehead atoms. The van der Waals surface area contributed by atoms with Gasteiger partial charge in [-0.25, -0.2) is 0 Å². The van der Waals surface area contributed by atoms with Crippen LogP contribution in [0, 0.1) is 6.92 Å². The summed E-state index contributed by atoms with van der Waals surface area (Å²) in [6.07, 6.45) is 0. The van der Waals surface area contributed by atoms with Gasteiger partial charge in [0.15, 0.2) is 0 Å². The van der Waals surface area contributed by atoms with Crippen molar-refractivity contribution in [3.05, 3.63) is 69.5 Å². The van der Waals surface area contributed by atoms with E-state index < -0.39 is 9.84 Å². The van der Waals surface area contributed by atoms with Crippen LogP contribution in [0.2, 0.25) is 0 Å². The summed E-state index contributed by atoms with van der Waals surface area (Å²) in [5, 5.41) is 0. The van der Waals surface area contributed by atoms with Crippen LogP contribution in [0.25, 0.3) is 0 Å². The maximum absolute atomic E-state index is 12.9. The molecule has 0 fully saturated rings. The third kappa shape index (κ3) is 4.62. The predicted octanol–water partition coefficient (Wildman–Crippen LogP) is 3.49. The molecule has 2 aromatic carbocycles. The molecular formula is C17H16Cl2O2SSe. The maximum atomic E-state index is 12.9. The fourth-order valence-corrected chi connectivity index (χ4v) is 7.16. The van der Waals surface area contributed by atoms with Crippen molar-refractivity contribution in [1.82, 2.24) is 0 Å². The van der Waals surface area contributed by atoms with Crippen molar-refractivity contribution in [2.45, 2.75) is 11.8 Å². The first kappa shape index (κ1) is 18.6. The van der Waals surface area contributed by atoms with Crippen LogP contribution in [-0.4, -0.2) is 35.1 Å². The van der Waals surface area contributed by atoms with Gasteiger partial charge in [0.1, 0.15) is 0 Å². The fourth-order valence-electron chi connectivity index (χ4n) is 1.95. The average molecular weight is 434 g/mol. The second-order valence-corrected chi connectivity index (χ2v) is 9.80. The van der Waals surface area contributed by atoms with Crippen molar-refractivity contribution in [2.24, 2.45) is 0 Å². The van der Waals surface area contributed by atoms with Crippen molar-refractivity contribution in [1.29, 1.82) is 0 Å². The van der Waals surface area contributed by atoms with Crippen molar-refractivity contribution in [3.8, 4) is 0 Å². The molecule has 0 saturated heterocycles. The first-order chi connectivity index (χ1) is 11.0. The molecular weight excluding hydrogens is 418 g/mol. The Morgan fingerprint density at radius 3 is 2.09 bits per heavy atom. The zero-order valence-electron chi connectivity index (χ0n) is 12.5. The molecule has 0 atom stereocenters. The summed E-state index contributed by atoms with van der Waals surface area (Å²) in [5.74, 6) is 0.0783. The predicted molar refractivity (Wildman–Crippen MR) is 98.7 cm³/mol. The number of alkyl halides is 2. The number of allylic oxidation sites excluding steroid dienone is 2. The van der Waals surface area contributed by atoms with Gasteiger partial charge in [-0.15, -0.1) is 0 Å². The topological polar surface area (TPSA) is 34.1 Å². The minimum atomic E-state index is -3.62. The third-order valence-electron chi connectivity index (χ3n) is 3.19. The van der Waals surface area contributed by atoms with Crippen LogP contribution < -0.4 is 4.46 Å². The van der Waals surface area contributed by atoms with E-state index in [9.17, 15) is 8.42 Å². The van der Waals surface area contributed by atoms with Gasteiger partial charge in [-0.3, -0.25) is 0 Å². The van der Waals surface area contributed by atoms with Crippen LogP contribution in [0.15, 0.2) is 68.9 Å². The normalized spacial score (nSPS) is 12.8. The van der Waals surface area contributed by atoms with E-state index in [0.29, 0.717) is 4.47 Å². The molecule has 122 valence electrons. The van der Waals surface area contributed by atoms with E-state index in [2.05, 4.69) is 0 Å². The number of hydrogen-bond donors (Lipinski definition) is 0. The molecule has 2 nitrogen and oxygen atoms in total. The van der Waals surface area contributed by atoms with Crippen LogP contribution in [0.4, 0.5) is 0 Å². The molecule has 2 rings (SSSR count). The summed E-state index contributed by atoms with van der Waals surface area (Å²) >= 11 is 11.9. The standard InChI is InChI=1S/C17H16Cl2O2SSe/c1-13-7-9-14(10-8-13)22(20,21)16(11-18)17(12-19)23-15-5-3-2-4-6-15/h2-10H,11-12H2,1H3/b17-16+. The molecule has 0 heterocycles. The molecule has 0 N–H and O–H groups in total. The monoisotopic (exact) mass is 434 g/mol. The van der Waals surface area contributed by atoms with Crippen molar-refractivity contribution in [2.75, 3.05) is 11.8 Å². The SMILES string of the molecule is Cc1ccc(S(=O)(=O)/C(CCl)=C(\CCl)[Se]c2ccccc2)cc1. The molecule has 0 aliphatic rings. The van der Waals surface area contributed by atoms with E-state index in [1.54, 1.807) is 24.3 Å². The Hall–Kier alpha value is -0.771. The molecule has 0 amide bonds. The number of aryl methyl sites for hydroxylation is 1. The molecule has 0 radical (unpaired) electrons. The van der Waals surface area contributed by atoms with Gasteiger partial charge >= 0.3 is 154 Å². The van der Waals surface area contributed by atoms with Crippen LogP contribution in [0.1, 0.15) is 5.56 Å². The van der Waals surface area contributed by atoms with Crippen molar-refractivity contribution >= 4 is 52.5 Å². The molecule has 0 spiro atoms. The first-order valence-electron chi connectivity index (χ1n) is 6.87. The average Bonchev–Trinajstić information content (AvgIpc) is 2.55. The molecule has 0 aliphatic heterocycles. The van der Waals surface area contributed by atoms with Gasteiger partial charge in [-0.05, 0) is 0 Å². The van der Waals surface area contributed by atoms with Crippen LogP contribution in [0.3, 0.4) is 0 Å². The second kappa shape index (κ2) is 8.36. The molecule has 0 aliphatic carbocycles. The summed E-state index contributed by atoms with van der Waals surface area (Å²) in [4.78, 5) is 0.479. The van der Waals surface area contributed by atoms with Gasteiger partial charge in [0, 0.05) is 0 Å². The zero-order chi connectivity index (χ0) is 16.9. The Labute approximate surface area is 153 Å². The van der Waals surface area contributed by atoms with E-state index in [-0.39, 0.29) is 36.5 Å². The summed E-state index contributed by atoms with van der Waals surface area (Å²) in [6, 6.07) is 16.5. The summed E-state index contributed by atoms with van der Waals surface area (Å²) in [6.45, 7) is 1.91. The third-order valence-corrected chi connectivity index (χ3v) is 8.87. The summed E-state index contributed by atoms with van der Waals surface area (Å²) in [5.41, 5.74) is 1.01. The number of halogens is 2. The van der Waals surface area contributed by atoms with E-state index in [1.165, 1.54) is 0 Å². The fraction of sp³-hybridized carbons (Fsp3) is 0.176. The second-order valence-electron chi connectivity index (χ2n) is 4.85. The van der Waals surface area contributed by atoms with E-state index >= 15 is 0 Å². The van der Waals surface area contributed by atoms with E-state index in [1.807, 2.05) is 37.3 Å². The van der Waals surface area contributed by atoms with Crippen molar-refractivity contribution in [3.63, 3.8) is 0 Å². The molecule has 0 saturated carbocycles. The number of rotatable bonds is 6. The number of benzene rings is 2. The van der Waals surface area contributed by atoms with Gasteiger partial charge in [0.25, 0.3) is 0 Å². The van der Waals surface area contributed by atoms with E-state index in [4.69, 9.17) is 23.2 Å². The van der Waals surface area contributed by atoms with Gasteiger partial charge < -0.3 is 0 Å². The van der Waals surface area contributed by atoms with E-state index in [0.717, 1.165) is 10.0 Å². The minimum absolute atomic E-state index is 0.0765.